The van der Waals surface area contributed by atoms with Gasteiger partial charge in [-0.3, -0.25) is 9.36 Å². The fourth-order valence-electron chi connectivity index (χ4n) is 3.98. The molecule has 0 fully saturated rings. The van der Waals surface area contributed by atoms with E-state index in [1.807, 2.05) is 72.8 Å². The lowest BCUT2D eigenvalue weighted by Gasteiger charge is -2.13. The highest BCUT2D eigenvalue weighted by molar-refractivity contribution is 7.99. The van der Waals surface area contributed by atoms with Gasteiger partial charge in [0.1, 0.15) is 0 Å². The number of anilines is 2. The van der Waals surface area contributed by atoms with Crippen LogP contribution in [0, 0.1) is 0 Å². The average molecular weight is 534 g/mol. The lowest BCUT2D eigenvalue weighted by molar-refractivity contribution is -0.137. The van der Waals surface area contributed by atoms with Crippen molar-refractivity contribution in [2.24, 2.45) is 0 Å². The van der Waals surface area contributed by atoms with Gasteiger partial charge in [-0.05, 0) is 41.8 Å². The van der Waals surface area contributed by atoms with Gasteiger partial charge in [0.05, 0.1) is 17.9 Å². The third kappa shape index (κ3) is 5.81. The van der Waals surface area contributed by atoms with E-state index in [1.54, 1.807) is 10.6 Å². The molecule has 0 bridgehead atoms. The number of halogens is 3. The van der Waals surface area contributed by atoms with Crippen molar-refractivity contribution in [3.8, 4) is 5.69 Å². The van der Waals surface area contributed by atoms with Crippen molar-refractivity contribution < 1.29 is 18.0 Å². The first-order valence-electron chi connectivity index (χ1n) is 11.7. The summed E-state index contributed by atoms with van der Waals surface area (Å²) in [7, 11) is 0. The van der Waals surface area contributed by atoms with Crippen LogP contribution in [0.1, 0.15) is 11.4 Å². The Hall–Kier alpha value is -4.31. The van der Waals surface area contributed by atoms with E-state index >= 15 is 0 Å². The molecular weight excluding hydrogens is 511 g/mol. The van der Waals surface area contributed by atoms with Gasteiger partial charge in [0.25, 0.3) is 0 Å². The van der Waals surface area contributed by atoms with Crippen LogP contribution in [0.2, 0.25) is 0 Å². The Morgan fingerprint density at radius 3 is 2.42 bits per heavy atom. The number of rotatable bonds is 8. The van der Waals surface area contributed by atoms with Crippen molar-refractivity contribution in [2.45, 2.75) is 17.9 Å². The molecule has 0 unspecified atom stereocenters. The van der Waals surface area contributed by atoms with Gasteiger partial charge in [0.2, 0.25) is 5.91 Å². The van der Waals surface area contributed by atoms with E-state index in [4.69, 9.17) is 0 Å². The highest BCUT2D eigenvalue weighted by atomic mass is 32.2. The number of nitrogens with one attached hydrogen (secondary N) is 2. The van der Waals surface area contributed by atoms with Gasteiger partial charge >= 0.3 is 6.18 Å². The maximum atomic E-state index is 13.1. The number of carbonyl (C=O) groups excluding carboxylic acids is 1. The van der Waals surface area contributed by atoms with Gasteiger partial charge in [-0.15, -0.1) is 10.2 Å². The normalized spacial score (nSPS) is 11.4. The molecule has 1 heterocycles. The van der Waals surface area contributed by atoms with Crippen molar-refractivity contribution in [3.05, 3.63) is 108 Å². The second-order valence-corrected chi connectivity index (χ2v) is 9.31. The summed E-state index contributed by atoms with van der Waals surface area (Å²) >= 11 is 1.22. The van der Waals surface area contributed by atoms with Crippen molar-refractivity contribution in [3.63, 3.8) is 0 Å². The third-order valence-electron chi connectivity index (χ3n) is 5.75. The second-order valence-electron chi connectivity index (χ2n) is 8.37. The molecule has 1 aromatic heterocycles. The van der Waals surface area contributed by atoms with E-state index in [-0.39, 0.29) is 18.2 Å². The number of amides is 1. The molecule has 0 aliphatic heterocycles. The Balaban J connectivity index is 1.33. The zero-order chi connectivity index (χ0) is 26.5. The molecule has 0 aliphatic carbocycles. The largest absolute Gasteiger partial charge is 0.416 e. The smallest absolute Gasteiger partial charge is 0.378 e. The van der Waals surface area contributed by atoms with Crippen LogP contribution >= 0.6 is 11.8 Å². The van der Waals surface area contributed by atoms with Gasteiger partial charge < -0.3 is 10.6 Å². The number of hydrogen-bond donors (Lipinski definition) is 2. The molecule has 192 valence electrons. The first-order valence-corrected chi connectivity index (χ1v) is 12.7. The van der Waals surface area contributed by atoms with Gasteiger partial charge in [-0.1, -0.05) is 72.4 Å². The molecule has 4 aromatic carbocycles. The van der Waals surface area contributed by atoms with E-state index in [1.165, 1.54) is 17.8 Å². The maximum Gasteiger partial charge on any atom is 0.416 e. The fraction of sp³-hybridized carbons (Fsp3) is 0.107. The number of aromatic nitrogens is 3. The number of benzene rings is 4. The summed E-state index contributed by atoms with van der Waals surface area (Å²) in [5.41, 5.74) is 1.08. The SMILES string of the molecule is O=C(CSc1nnc(CNc2cccc(C(F)(F)F)c2)n1-c1ccccc1)Nc1cccc2ccccc12. The van der Waals surface area contributed by atoms with Crippen molar-refractivity contribution in [1.82, 2.24) is 14.8 Å². The molecule has 0 radical (unpaired) electrons. The standard InChI is InChI=1S/C28H22F3N5OS/c29-28(30,31)20-10-7-11-21(16-20)32-17-25-34-35-27(36(25)22-12-2-1-3-13-22)38-18-26(37)33-24-15-6-9-19-8-4-5-14-23(19)24/h1-16,32H,17-18H2,(H,33,37). The summed E-state index contributed by atoms with van der Waals surface area (Å²) < 4.78 is 41.1. The lowest BCUT2D eigenvalue weighted by Crippen LogP contribution is -2.15. The second kappa shape index (κ2) is 11.0. The van der Waals surface area contributed by atoms with E-state index in [2.05, 4.69) is 20.8 Å². The van der Waals surface area contributed by atoms with Gasteiger partial charge in [-0.25, -0.2) is 0 Å². The van der Waals surface area contributed by atoms with Crippen molar-refractivity contribution in [2.75, 3.05) is 16.4 Å². The van der Waals surface area contributed by atoms with Crippen LogP contribution in [0.4, 0.5) is 24.5 Å². The zero-order valence-corrected chi connectivity index (χ0v) is 20.8. The number of thioether (sulfide) groups is 1. The van der Waals surface area contributed by atoms with Crippen molar-refractivity contribution >= 4 is 39.8 Å². The number of alkyl halides is 3. The Bertz CT molecular complexity index is 1560. The minimum atomic E-state index is -4.43. The summed E-state index contributed by atoms with van der Waals surface area (Å²) in [5, 5.41) is 17.0. The van der Waals surface area contributed by atoms with Crippen LogP contribution in [0.5, 0.6) is 0 Å². The minimum absolute atomic E-state index is 0.0925. The molecule has 2 N–H and O–H groups in total. The Morgan fingerprint density at radius 2 is 1.61 bits per heavy atom. The number of hydrogen-bond acceptors (Lipinski definition) is 5. The first-order chi connectivity index (χ1) is 18.4. The van der Waals surface area contributed by atoms with Crippen LogP contribution in [0.3, 0.4) is 0 Å². The third-order valence-corrected chi connectivity index (χ3v) is 6.68. The summed E-state index contributed by atoms with van der Waals surface area (Å²) in [6, 6.07) is 27.9. The molecule has 0 aliphatic rings. The zero-order valence-electron chi connectivity index (χ0n) is 19.9. The molecule has 5 rings (SSSR count). The van der Waals surface area contributed by atoms with E-state index in [0.29, 0.717) is 16.7 Å². The molecule has 0 saturated carbocycles. The topological polar surface area (TPSA) is 71.8 Å². The van der Waals surface area contributed by atoms with Crippen LogP contribution < -0.4 is 10.6 Å². The Kier molecular flexibility index (Phi) is 7.32. The molecule has 5 aromatic rings. The molecule has 38 heavy (non-hydrogen) atoms. The molecular formula is C28H22F3N5OS. The summed E-state index contributed by atoms with van der Waals surface area (Å²) in [5.74, 6) is 0.387. The van der Waals surface area contributed by atoms with Crippen LogP contribution in [0.15, 0.2) is 102 Å². The highest BCUT2D eigenvalue weighted by Crippen LogP contribution is 2.31. The molecule has 10 heteroatoms. The lowest BCUT2D eigenvalue weighted by atomic mass is 10.1. The molecule has 0 spiro atoms. The van der Waals surface area contributed by atoms with Crippen LogP contribution in [0.25, 0.3) is 16.5 Å². The van der Waals surface area contributed by atoms with E-state index < -0.39 is 11.7 Å². The Morgan fingerprint density at radius 1 is 0.868 bits per heavy atom. The van der Waals surface area contributed by atoms with Gasteiger partial charge in [0.15, 0.2) is 11.0 Å². The molecule has 0 atom stereocenters. The molecule has 1 amide bonds. The van der Waals surface area contributed by atoms with Gasteiger partial charge in [-0.2, -0.15) is 13.2 Å². The highest BCUT2D eigenvalue weighted by Gasteiger charge is 2.30. The Labute approximate surface area is 220 Å². The number of nitrogens with zero attached hydrogens (tertiary/aromatic N) is 3. The fourth-order valence-corrected chi connectivity index (χ4v) is 4.75. The van der Waals surface area contributed by atoms with Crippen molar-refractivity contribution in [1.29, 1.82) is 0 Å². The van der Waals surface area contributed by atoms with Crippen LogP contribution in [-0.2, 0) is 17.5 Å². The monoisotopic (exact) mass is 533 g/mol. The predicted octanol–water partition coefficient (Wildman–Crippen LogP) is 6.78. The number of fused-ring (bicyclic) bond motifs is 1. The van der Waals surface area contributed by atoms with E-state index in [9.17, 15) is 18.0 Å². The van der Waals surface area contributed by atoms with Crippen LogP contribution in [-0.4, -0.2) is 26.4 Å². The maximum absolute atomic E-state index is 13.1. The van der Waals surface area contributed by atoms with E-state index in [0.717, 1.165) is 34.3 Å². The summed E-state index contributed by atoms with van der Waals surface area (Å²) in [6.07, 6.45) is -4.43. The number of carbonyl (C=O) groups is 1. The summed E-state index contributed by atoms with van der Waals surface area (Å²) in [6.45, 7) is 0.131. The molecule has 0 saturated heterocycles. The predicted molar refractivity (Wildman–Crippen MR) is 143 cm³/mol. The first kappa shape index (κ1) is 25.3. The quantitative estimate of drug-likeness (QED) is 0.215. The van der Waals surface area contributed by atoms with Gasteiger partial charge in [0, 0.05) is 22.4 Å². The summed E-state index contributed by atoms with van der Waals surface area (Å²) in [4.78, 5) is 12.8. The molecule has 6 nitrogen and oxygen atoms in total. The minimum Gasteiger partial charge on any atom is -0.378 e. The average Bonchev–Trinajstić information content (AvgIpc) is 3.34. The number of para-hydroxylation sites is 1.